The van der Waals surface area contributed by atoms with E-state index in [2.05, 4.69) is 172 Å². The molecular weight excluding hydrogens is 578 g/mol. The van der Waals surface area contributed by atoms with Gasteiger partial charge in [0.05, 0.1) is 10.8 Å². The molecule has 0 N–H and O–H groups in total. The van der Waals surface area contributed by atoms with Crippen LogP contribution in [0.15, 0.2) is 175 Å². The Balaban J connectivity index is 1.69. The maximum absolute atomic E-state index is 14.8. The molecule has 0 spiro atoms. The Labute approximate surface area is 260 Å². The fourth-order valence-corrected chi connectivity index (χ4v) is 16.5. The summed E-state index contributed by atoms with van der Waals surface area (Å²) >= 11 is 0. The SMILES string of the molecule is Cc1ccc(S(=O)[C@@H](C)[P+](c2ccccc2)(c2ccccc2)c2ccccc2P(c2ccccc2)c2ccccc2)cc1. The first kappa shape index (κ1) is 29.4. The Kier molecular flexibility index (Phi) is 9.11. The summed E-state index contributed by atoms with van der Waals surface area (Å²) in [5, 5.41) is 7.74. The molecule has 0 aliphatic heterocycles. The van der Waals surface area contributed by atoms with E-state index in [1.54, 1.807) is 0 Å². The van der Waals surface area contributed by atoms with Gasteiger partial charge in [0.1, 0.15) is 23.2 Å². The second kappa shape index (κ2) is 13.3. The van der Waals surface area contributed by atoms with E-state index in [9.17, 15) is 4.21 Å². The highest BCUT2D eigenvalue weighted by Crippen LogP contribution is 2.62. The van der Waals surface area contributed by atoms with Crippen LogP contribution >= 0.6 is 15.2 Å². The van der Waals surface area contributed by atoms with Gasteiger partial charge in [0.2, 0.25) is 0 Å². The van der Waals surface area contributed by atoms with Gasteiger partial charge in [-0.25, -0.2) is 0 Å². The molecule has 0 saturated carbocycles. The summed E-state index contributed by atoms with van der Waals surface area (Å²) in [5.74, 6) is 0. The molecular formula is C39H35OP2S+. The molecule has 0 aliphatic carbocycles. The molecule has 2 atom stereocenters. The first-order valence-corrected chi connectivity index (χ1v) is 19.0. The van der Waals surface area contributed by atoms with Crippen molar-refractivity contribution in [3.8, 4) is 0 Å². The summed E-state index contributed by atoms with van der Waals surface area (Å²) in [7, 11) is -4.64. The van der Waals surface area contributed by atoms with Crippen molar-refractivity contribution < 1.29 is 4.21 Å². The van der Waals surface area contributed by atoms with Crippen LogP contribution in [0.25, 0.3) is 0 Å². The number of rotatable bonds is 9. The summed E-state index contributed by atoms with van der Waals surface area (Å²) in [6.45, 7) is 4.29. The van der Waals surface area contributed by atoms with Gasteiger partial charge in [-0.05, 0) is 80.9 Å². The van der Waals surface area contributed by atoms with E-state index in [-0.39, 0.29) is 4.99 Å². The Morgan fingerprint density at radius 3 is 1.44 bits per heavy atom. The maximum atomic E-state index is 14.8. The molecule has 0 amide bonds. The highest BCUT2D eigenvalue weighted by molar-refractivity contribution is 8.08. The van der Waals surface area contributed by atoms with Crippen LogP contribution in [0.4, 0.5) is 0 Å². The predicted octanol–water partition coefficient (Wildman–Crippen LogP) is 7.20. The number of benzene rings is 6. The zero-order valence-corrected chi connectivity index (χ0v) is 27.1. The average Bonchev–Trinajstić information content (AvgIpc) is 3.08. The predicted molar refractivity (Wildman–Crippen MR) is 191 cm³/mol. The smallest absolute Gasteiger partial charge is 0.159 e. The lowest BCUT2D eigenvalue weighted by Crippen LogP contribution is -2.45. The summed E-state index contributed by atoms with van der Waals surface area (Å²) in [4.78, 5) is 0.699. The molecule has 6 aromatic carbocycles. The maximum Gasteiger partial charge on any atom is 0.159 e. The standard InChI is InChI=1S/C39H35OP2S/c1-31-27-29-37(30-28-31)43(40)32(2)42(35-21-11-5-12-22-35,36-23-13-6-14-24-36)39-26-16-15-25-38(39)41(33-17-7-3-8-18-33)34-19-9-4-10-20-34/h3-30,32H,1-2H3/q+1/t32-,43?/m0/s1. The van der Waals surface area contributed by atoms with E-state index < -0.39 is 26.0 Å². The third-order valence-corrected chi connectivity index (χ3v) is 18.0. The fraction of sp³-hybridized carbons (Fsp3) is 0.0769. The van der Waals surface area contributed by atoms with Gasteiger partial charge in [-0.2, -0.15) is 0 Å². The van der Waals surface area contributed by atoms with Crippen molar-refractivity contribution in [1.29, 1.82) is 0 Å². The molecule has 0 bridgehead atoms. The van der Waals surface area contributed by atoms with Gasteiger partial charge in [-0.15, -0.1) is 0 Å². The van der Waals surface area contributed by atoms with Crippen molar-refractivity contribution >= 4 is 57.8 Å². The third-order valence-electron chi connectivity index (χ3n) is 7.97. The van der Waals surface area contributed by atoms with Gasteiger partial charge in [0, 0.05) is 10.2 Å². The summed E-state index contributed by atoms with van der Waals surface area (Å²) in [6.07, 6.45) is 0. The minimum Gasteiger partial charge on any atom is -0.250 e. The second-order valence-corrected chi connectivity index (χ2v) is 18.6. The van der Waals surface area contributed by atoms with Crippen LogP contribution in [0.3, 0.4) is 0 Å². The molecule has 1 unspecified atom stereocenters. The zero-order valence-electron chi connectivity index (χ0n) is 24.5. The summed E-state index contributed by atoms with van der Waals surface area (Å²) in [5.41, 5.74) is 1.17. The van der Waals surface area contributed by atoms with E-state index in [4.69, 9.17) is 0 Å². The molecule has 0 saturated heterocycles. The topological polar surface area (TPSA) is 17.1 Å². The van der Waals surface area contributed by atoms with Gasteiger partial charge in [0.15, 0.2) is 4.99 Å². The fourth-order valence-electron chi connectivity index (χ4n) is 5.92. The van der Waals surface area contributed by atoms with E-state index in [0.717, 1.165) is 4.90 Å². The van der Waals surface area contributed by atoms with Gasteiger partial charge in [0.25, 0.3) is 0 Å². The Morgan fingerprint density at radius 1 is 0.535 bits per heavy atom. The van der Waals surface area contributed by atoms with Crippen LogP contribution in [0, 0.1) is 6.92 Å². The molecule has 6 rings (SSSR count). The zero-order chi connectivity index (χ0) is 29.6. The lowest BCUT2D eigenvalue weighted by Gasteiger charge is -2.35. The van der Waals surface area contributed by atoms with Crippen molar-refractivity contribution in [3.05, 3.63) is 175 Å². The highest BCUT2D eigenvalue weighted by Gasteiger charge is 2.54. The van der Waals surface area contributed by atoms with Gasteiger partial charge < -0.3 is 0 Å². The molecule has 1 nitrogen and oxygen atoms in total. The summed E-state index contributed by atoms with van der Waals surface area (Å²) in [6, 6.07) is 60.7. The molecule has 0 fully saturated rings. The van der Waals surface area contributed by atoms with Crippen LogP contribution < -0.4 is 31.8 Å². The average molecular weight is 614 g/mol. The molecule has 4 heteroatoms. The monoisotopic (exact) mass is 613 g/mol. The first-order valence-electron chi connectivity index (χ1n) is 14.6. The number of hydrogen-bond acceptors (Lipinski definition) is 1. The molecule has 0 heterocycles. The molecule has 212 valence electrons. The number of aryl methyl sites for hydroxylation is 1. The van der Waals surface area contributed by atoms with Crippen molar-refractivity contribution in [2.45, 2.75) is 23.7 Å². The number of hydrogen-bond donors (Lipinski definition) is 0. The lowest BCUT2D eigenvalue weighted by atomic mass is 10.2. The lowest BCUT2D eigenvalue weighted by molar-refractivity contribution is 0.682. The Hall–Kier alpha value is -3.67. The van der Waals surface area contributed by atoms with E-state index >= 15 is 0 Å². The van der Waals surface area contributed by atoms with E-state index in [1.165, 1.54) is 37.4 Å². The van der Waals surface area contributed by atoms with Gasteiger partial charge in [-0.1, -0.05) is 127 Å². The first-order chi connectivity index (χ1) is 21.1. The quantitative estimate of drug-likeness (QED) is 0.158. The second-order valence-electron chi connectivity index (χ2n) is 10.6. The van der Waals surface area contributed by atoms with E-state index in [1.807, 2.05) is 12.1 Å². The molecule has 6 aromatic rings. The highest BCUT2D eigenvalue weighted by atomic mass is 32.2. The van der Waals surface area contributed by atoms with Crippen molar-refractivity contribution in [2.24, 2.45) is 0 Å². The van der Waals surface area contributed by atoms with Crippen LogP contribution in [0.1, 0.15) is 12.5 Å². The van der Waals surface area contributed by atoms with Crippen molar-refractivity contribution in [3.63, 3.8) is 0 Å². The molecule has 0 radical (unpaired) electrons. The normalized spacial score (nSPS) is 13.0. The van der Waals surface area contributed by atoms with Crippen LogP contribution in [-0.2, 0) is 10.8 Å². The van der Waals surface area contributed by atoms with Crippen LogP contribution in [-0.4, -0.2) is 9.20 Å². The van der Waals surface area contributed by atoms with Gasteiger partial charge >= 0.3 is 0 Å². The molecule has 43 heavy (non-hydrogen) atoms. The van der Waals surface area contributed by atoms with Crippen molar-refractivity contribution in [2.75, 3.05) is 0 Å². The molecule has 0 aromatic heterocycles. The van der Waals surface area contributed by atoms with Crippen LogP contribution in [0.5, 0.6) is 0 Å². The molecule has 0 aliphatic rings. The summed E-state index contributed by atoms with van der Waals surface area (Å²) < 4.78 is 14.8. The van der Waals surface area contributed by atoms with E-state index in [0.29, 0.717) is 0 Å². The largest absolute Gasteiger partial charge is 0.250 e. The van der Waals surface area contributed by atoms with Gasteiger partial charge in [-0.3, -0.25) is 4.21 Å². The Bertz CT molecular complexity index is 1710. The van der Waals surface area contributed by atoms with Crippen molar-refractivity contribution in [1.82, 2.24) is 0 Å². The minimum absolute atomic E-state index is 0.176. The van der Waals surface area contributed by atoms with Crippen LogP contribution in [0.2, 0.25) is 0 Å². The third kappa shape index (κ3) is 5.81. The Morgan fingerprint density at radius 2 is 0.953 bits per heavy atom. The minimum atomic E-state index is -2.49.